The summed E-state index contributed by atoms with van der Waals surface area (Å²) in [6.07, 6.45) is 0.0622. The van der Waals surface area contributed by atoms with Gasteiger partial charge >= 0.3 is 0 Å². The Labute approximate surface area is 212 Å². The van der Waals surface area contributed by atoms with Crippen LogP contribution >= 0.6 is 0 Å². The van der Waals surface area contributed by atoms with Crippen molar-refractivity contribution < 1.29 is 37.2 Å². The van der Waals surface area contributed by atoms with Crippen molar-refractivity contribution in [2.75, 3.05) is 70.3 Å². The number of benzene rings is 2. The quantitative estimate of drug-likeness (QED) is 0.304. The molecule has 1 aliphatic rings. The van der Waals surface area contributed by atoms with Crippen LogP contribution in [-0.4, -0.2) is 76.1 Å². The maximum Gasteiger partial charge on any atom is 0.260 e. The number of para-hydroxylation sites is 3. The molecule has 11 heteroatoms. The smallest absolute Gasteiger partial charge is 0.260 e. The molecule has 0 radical (unpaired) electrons. The topological polar surface area (TPSA) is 85.3 Å². The van der Waals surface area contributed by atoms with Gasteiger partial charge in [-0.1, -0.05) is 24.3 Å². The summed E-state index contributed by atoms with van der Waals surface area (Å²) in [6, 6.07) is 12.4. The van der Waals surface area contributed by atoms with Gasteiger partial charge in [-0.25, -0.2) is 18.2 Å². The summed E-state index contributed by atoms with van der Waals surface area (Å²) in [7, 11) is 1.52. The number of aliphatic hydroxyl groups is 1. The van der Waals surface area contributed by atoms with Gasteiger partial charge in [0.2, 0.25) is 0 Å². The van der Waals surface area contributed by atoms with Gasteiger partial charge in [0, 0.05) is 17.5 Å². The van der Waals surface area contributed by atoms with E-state index >= 15 is 0 Å². The van der Waals surface area contributed by atoms with Crippen LogP contribution in [-0.2, 0) is 15.9 Å². The molecule has 4 rings (SSSR count). The van der Waals surface area contributed by atoms with Crippen LogP contribution in [0.25, 0.3) is 10.9 Å². The normalized spacial score (nSPS) is 14.1. The summed E-state index contributed by atoms with van der Waals surface area (Å²) in [5.41, 5.74) is 2.21. The molecule has 0 fully saturated rings. The van der Waals surface area contributed by atoms with E-state index in [9.17, 15) is 18.3 Å². The summed E-state index contributed by atoms with van der Waals surface area (Å²) < 4.78 is 63.1. The number of methoxy groups -OCH3 is 1. The minimum Gasteiger partial charge on any atom is -0.495 e. The van der Waals surface area contributed by atoms with Gasteiger partial charge in [0.15, 0.2) is 0 Å². The number of hydrogen-bond donors (Lipinski definition) is 2. The van der Waals surface area contributed by atoms with E-state index in [-0.39, 0.29) is 39.4 Å². The van der Waals surface area contributed by atoms with E-state index in [2.05, 4.69) is 5.32 Å². The molecule has 0 spiro atoms. The Hall–Kier alpha value is -3.28. The lowest BCUT2D eigenvalue weighted by Crippen LogP contribution is -2.50. The second-order valence-corrected chi connectivity index (χ2v) is 8.10. The largest absolute Gasteiger partial charge is 0.495 e. The number of nitrogens with one attached hydrogen (secondary N) is 1. The van der Waals surface area contributed by atoms with Crippen molar-refractivity contribution >= 4 is 28.1 Å². The Bertz CT molecular complexity index is 1190. The molecule has 200 valence electrons. The maximum absolute atomic E-state index is 13.4. The number of rotatable bonds is 14. The molecule has 2 N–H and O–H groups in total. The first-order chi connectivity index (χ1) is 18.1. The first kappa shape index (κ1) is 26.8. The van der Waals surface area contributed by atoms with Gasteiger partial charge in [0.1, 0.15) is 49.5 Å². The van der Waals surface area contributed by atoms with Crippen LogP contribution in [0, 0.1) is 0 Å². The van der Waals surface area contributed by atoms with Gasteiger partial charge in [-0.05, 0) is 18.2 Å². The number of aromatic nitrogens is 1. The Morgan fingerprint density at radius 1 is 0.973 bits per heavy atom. The molecule has 8 nitrogen and oxygen atoms in total. The monoisotopic (exact) mass is 521 g/mol. The summed E-state index contributed by atoms with van der Waals surface area (Å²) >= 11 is 0. The van der Waals surface area contributed by atoms with E-state index in [0.29, 0.717) is 45.2 Å². The Morgan fingerprint density at radius 2 is 1.68 bits per heavy atom. The molecule has 0 amide bonds. The van der Waals surface area contributed by atoms with Crippen LogP contribution in [0.15, 0.2) is 42.5 Å². The number of alkyl halides is 3. The average molecular weight is 522 g/mol. The molecule has 0 bridgehead atoms. The zero-order chi connectivity index (χ0) is 26.3. The number of ether oxygens (including phenoxy) is 4. The highest BCUT2D eigenvalue weighted by molar-refractivity contribution is 6.02. The van der Waals surface area contributed by atoms with Crippen molar-refractivity contribution in [2.45, 2.75) is 12.3 Å². The molecule has 0 atom stereocenters. The third-order valence-electron chi connectivity index (χ3n) is 5.89. The number of hydrogen-bond acceptors (Lipinski definition) is 8. The lowest BCUT2D eigenvalue weighted by molar-refractivity contribution is -0.229. The fraction of sp³-hybridized carbons (Fsp3) is 0.423. The highest BCUT2D eigenvalue weighted by atomic mass is 19.1. The summed E-state index contributed by atoms with van der Waals surface area (Å²) in [5, 5.41) is 13.2. The number of fused-ring (bicyclic) bond motifs is 3. The highest BCUT2D eigenvalue weighted by Crippen LogP contribution is 2.53. The third kappa shape index (κ3) is 5.25. The molecule has 37 heavy (non-hydrogen) atoms. The van der Waals surface area contributed by atoms with Crippen LogP contribution < -0.4 is 19.7 Å². The Kier molecular flexibility index (Phi) is 8.91. The van der Waals surface area contributed by atoms with Crippen molar-refractivity contribution in [2.24, 2.45) is 0 Å². The van der Waals surface area contributed by atoms with Gasteiger partial charge in [-0.3, -0.25) is 4.90 Å². The van der Waals surface area contributed by atoms with E-state index in [0.717, 1.165) is 0 Å². The Morgan fingerprint density at radius 3 is 2.35 bits per heavy atom. The van der Waals surface area contributed by atoms with Gasteiger partial charge < -0.3 is 29.4 Å². The van der Waals surface area contributed by atoms with E-state index in [1.165, 1.54) is 7.11 Å². The number of pyridine rings is 1. The Balaban J connectivity index is 2.04. The summed E-state index contributed by atoms with van der Waals surface area (Å²) in [5.74, 6) is -0.387. The summed E-state index contributed by atoms with van der Waals surface area (Å²) in [6.45, 7) is -2.98. The average Bonchev–Trinajstić information content (AvgIpc) is 3.27. The van der Waals surface area contributed by atoms with Gasteiger partial charge in [0.25, 0.3) is 5.91 Å². The number of halogens is 3. The standard InChI is InChI=1S/C26H30F3N3O5/c1-34-21-7-3-2-6-20(21)32-24-18-5-4-8-22(35-14-9-27)23(18)31-25(30-12-13-33)19(24)17-26(32,36-15-10-28)37-16-11-29/h2-8,33H,9-17H2,1H3,(H,30,31). The predicted molar refractivity (Wildman–Crippen MR) is 134 cm³/mol. The zero-order valence-electron chi connectivity index (χ0n) is 20.5. The van der Waals surface area contributed by atoms with Crippen molar-refractivity contribution in [3.63, 3.8) is 0 Å². The first-order valence-corrected chi connectivity index (χ1v) is 12.0. The molecular formula is C26H30F3N3O5. The molecule has 1 aromatic heterocycles. The number of aliphatic hydroxyl groups excluding tert-OH is 1. The molecule has 3 aromatic rings. The van der Waals surface area contributed by atoms with Crippen molar-refractivity contribution in [1.29, 1.82) is 0 Å². The molecule has 0 saturated heterocycles. The molecule has 0 aliphatic carbocycles. The third-order valence-corrected chi connectivity index (χ3v) is 5.89. The van der Waals surface area contributed by atoms with Crippen molar-refractivity contribution in [3.05, 3.63) is 48.0 Å². The van der Waals surface area contributed by atoms with Crippen LogP contribution in [0.2, 0.25) is 0 Å². The van der Waals surface area contributed by atoms with Gasteiger partial charge in [0.05, 0.1) is 44.7 Å². The molecule has 1 aliphatic heterocycles. The van der Waals surface area contributed by atoms with E-state index in [1.54, 1.807) is 41.3 Å². The van der Waals surface area contributed by atoms with Crippen molar-refractivity contribution in [1.82, 2.24) is 4.98 Å². The molecule has 0 saturated carbocycles. The van der Waals surface area contributed by atoms with Crippen molar-refractivity contribution in [3.8, 4) is 11.5 Å². The van der Waals surface area contributed by atoms with Crippen LogP contribution in [0.1, 0.15) is 5.56 Å². The maximum atomic E-state index is 13.4. The lowest BCUT2D eigenvalue weighted by atomic mass is 10.1. The zero-order valence-corrected chi connectivity index (χ0v) is 20.5. The van der Waals surface area contributed by atoms with Crippen LogP contribution in [0.3, 0.4) is 0 Å². The van der Waals surface area contributed by atoms with E-state index < -0.39 is 25.9 Å². The van der Waals surface area contributed by atoms with E-state index in [1.807, 2.05) is 6.07 Å². The summed E-state index contributed by atoms with van der Waals surface area (Å²) in [4.78, 5) is 6.47. The lowest BCUT2D eigenvalue weighted by Gasteiger charge is -2.39. The highest BCUT2D eigenvalue weighted by Gasteiger charge is 2.50. The van der Waals surface area contributed by atoms with Crippen LogP contribution in [0.4, 0.5) is 30.4 Å². The molecule has 2 heterocycles. The van der Waals surface area contributed by atoms with Crippen LogP contribution in [0.5, 0.6) is 11.5 Å². The fourth-order valence-electron chi connectivity index (χ4n) is 4.55. The van der Waals surface area contributed by atoms with Gasteiger partial charge in [-0.2, -0.15) is 0 Å². The first-order valence-electron chi connectivity index (χ1n) is 12.0. The number of nitrogens with zero attached hydrogens (tertiary/aromatic N) is 2. The van der Waals surface area contributed by atoms with E-state index in [4.69, 9.17) is 23.9 Å². The second kappa shape index (κ2) is 12.3. The van der Waals surface area contributed by atoms with Gasteiger partial charge in [-0.15, -0.1) is 0 Å². The minimum atomic E-state index is -1.63. The molecular weight excluding hydrogens is 491 g/mol. The fourth-order valence-corrected chi connectivity index (χ4v) is 4.55. The SMILES string of the molecule is COc1ccccc1N1c2c(c(NCCO)nc3c(OCCF)cccc23)CC1(OCCF)OCCF. The predicted octanol–water partition coefficient (Wildman–Crippen LogP) is 4.32. The second-order valence-electron chi connectivity index (χ2n) is 8.10. The minimum absolute atomic E-state index is 0.0622. The number of anilines is 3. The molecule has 0 unspecified atom stereocenters. The molecule has 2 aromatic carbocycles.